The van der Waals surface area contributed by atoms with Crippen molar-refractivity contribution in [2.45, 2.75) is 50.2 Å². The van der Waals surface area contributed by atoms with Crippen LogP contribution in [0.25, 0.3) is 0 Å². The van der Waals surface area contributed by atoms with Crippen molar-refractivity contribution < 1.29 is 14.3 Å². The van der Waals surface area contributed by atoms with Gasteiger partial charge >= 0.3 is 0 Å². The molecule has 1 saturated heterocycles. The van der Waals surface area contributed by atoms with E-state index in [1.165, 1.54) is 25.7 Å². The van der Waals surface area contributed by atoms with Crippen LogP contribution in [0.4, 0.5) is 0 Å². The van der Waals surface area contributed by atoms with E-state index in [0.29, 0.717) is 19.3 Å². The molecule has 1 aliphatic heterocycles. The summed E-state index contributed by atoms with van der Waals surface area (Å²) in [5.74, 6) is 0.00604. The molecule has 1 amide bonds. The Hall–Kier alpha value is -0.360. The number of hydrogen-bond acceptors (Lipinski definition) is 4. The van der Waals surface area contributed by atoms with E-state index in [9.17, 15) is 4.79 Å². The summed E-state index contributed by atoms with van der Waals surface area (Å²) in [5, 5.41) is 6.20. The van der Waals surface area contributed by atoms with E-state index in [1.807, 2.05) is 0 Å². The second kappa shape index (κ2) is 8.82. The third kappa shape index (κ3) is 4.58. The van der Waals surface area contributed by atoms with Crippen LogP contribution in [0.5, 0.6) is 0 Å². The summed E-state index contributed by atoms with van der Waals surface area (Å²) in [7, 11) is 1.62. The highest BCUT2D eigenvalue weighted by Crippen LogP contribution is 2.23. The van der Waals surface area contributed by atoms with Crippen LogP contribution < -0.4 is 10.6 Å². The molecule has 0 aromatic heterocycles. The van der Waals surface area contributed by atoms with Crippen LogP contribution in [0.1, 0.15) is 38.5 Å². The van der Waals surface area contributed by atoms with E-state index in [0.717, 1.165) is 25.9 Å². The predicted octanol–water partition coefficient (Wildman–Crippen LogP) is 1.25. The summed E-state index contributed by atoms with van der Waals surface area (Å²) in [6.07, 6.45) is 6.77. The Bertz CT molecular complexity index is 290. The monoisotopic (exact) mass is 306 g/mol. The van der Waals surface area contributed by atoms with Gasteiger partial charge in [0.2, 0.25) is 0 Å². The fourth-order valence-electron chi connectivity index (χ4n) is 2.96. The normalized spacial score (nSPS) is 22.2. The zero-order chi connectivity index (χ0) is 13.6. The first-order chi connectivity index (χ1) is 9.27. The standard InChI is InChI=1S/C14H26N2O3.ClH/c1-18-14(6-8-15-9-7-14)13(17)16-10-11-19-12-4-2-3-5-12;/h12,15H,2-11H2,1H3,(H,16,17);1H. The van der Waals surface area contributed by atoms with Gasteiger partial charge in [-0.05, 0) is 38.8 Å². The molecular weight excluding hydrogens is 280 g/mol. The molecule has 2 aliphatic rings. The van der Waals surface area contributed by atoms with Gasteiger partial charge in [0.25, 0.3) is 5.91 Å². The van der Waals surface area contributed by atoms with Gasteiger partial charge in [-0.25, -0.2) is 0 Å². The van der Waals surface area contributed by atoms with Gasteiger partial charge in [-0.1, -0.05) is 12.8 Å². The molecule has 2 fully saturated rings. The number of halogens is 1. The van der Waals surface area contributed by atoms with Crippen molar-refractivity contribution >= 4 is 18.3 Å². The Kier molecular flexibility index (Phi) is 7.80. The summed E-state index contributed by atoms with van der Waals surface area (Å²) in [5.41, 5.74) is -0.640. The molecule has 0 spiro atoms. The van der Waals surface area contributed by atoms with E-state index in [-0.39, 0.29) is 18.3 Å². The second-order valence-corrected chi connectivity index (χ2v) is 5.48. The largest absolute Gasteiger partial charge is 0.376 e. The Morgan fingerprint density at radius 3 is 2.55 bits per heavy atom. The maximum absolute atomic E-state index is 12.2. The van der Waals surface area contributed by atoms with E-state index in [4.69, 9.17) is 9.47 Å². The minimum Gasteiger partial charge on any atom is -0.376 e. The third-order valence-electron chi connectivity index (χ3n) is 4.26. The van der Waals surface area contributed by atoms with Gasteiger partial charge in [-0.15, -0.1) is 12.4 Å². The van der Waals surface area contributed by atoms with Crippen molar-refractivity contribution in [2.24, 2.45) is 0 Å². The fraction of sp³-hybridized carbons (Fsp3) is 0.929. The van der Waals surface area contributed by atoms with Crippen molar-refractivity contribution in [3.8, 4) is 0 Å². The predicted molar refractivity (Wildman–Crippen MR) is 80.3 cm³/mol. The Balaban J connectivity index is 0.00000200. The molecule has 118 valence electrons. The SMILES string of the molecule is COC1(C(=O)NCCOC2CCCC2)CCNCC1.Cl. The molecular formula is C14H27ClN2O3. The molecule has 0 bridgehead atoms. The summed E-state index contributed by atoms with van der Waals surface area (Å²) in [6, 6.07) is 0. The van der Waals surface area contributed by atoms with Crippen LogP contribution in [0.3, 0.4) is 0 Å². The zero-order valence-electron chi connectivity index (χ0n) is 12.3. The summed E-state index contributed by atoms with van der Waals surface area (Å²) < 4.78 is 11.2. The number of carbonyl (C=O) groups is 1. The van der Waals surface area contributed by atoms with Crippen LogP contribution in [-0.4, -0.2) is 51.0 Å². The molecule has 0 aromatic carbocycles. The number of nitrogens with one attached hydrogen (secondary N) is 2. The highest BCUT2D eigenvalue weighted by Gasteiger charge is 2.39. The third-order valence-corrected chi connectivity index (χ3v) is 4.26. The van der Waals surface area contributed by atoms with Gasteiger partial charge in [0.05, 0.1) is 12.7 Å². The Labute approximate surface area is 127 Å². The number of amides is 1. The van der Waals surface area contributed by atoms with E-state index in [1.54, 1.807) is 7.11 Å². The fourth-order valence-corrected chi connectivity index (χ4v) is 2.96. The van der Waals surface area contributed by atoms with Gasteiger partial charge < -0.3 is 20.1 Å². The van der Waals surface area contributed by atoms with Crippen LogP contribution in [0, 0.1) is 0 Å². The molecule has 0 aromatic rings. The van der Waals surface area contributed by atoms with E-state index in [2.05, 4.69) is 10.6 Å². The van der Waals surface area contributed by atoms with Crippen LogP contribution in [0.2, 0.25) is 0 Å². The molecule has 0 unspecified atom stereocenters. The quantitative estimate of drug-likeness (QED) is 0.725. The van der Waals surface area contributed by atoms with Crippen molar-refractivity contribution in [1.29, 1.82) is 0 Å². The molecule has 0 radical (unpaired) electrons. The minimum absolute atomic E-state index is 0. The Morgan fingerprint density at radius 1 is 1.30 bits per heavy atom. The van der Waals surface area contributed by atoms with Gasteiger partial charge in [0.1, 0.15) is 5.60 Å². The molecule has 0 atom stereocenters. The molecule has 1 saturated carbocycles. The van der Waals surface area contributed by atoms with E-state index >= 15 is 0 Å². The highest BCUT2D eigenvalue weighted by atomic mass is 35.5. The smallest absolute Gasteiger partial charge is 0.252 e. The Morgan fingerprint density at radius 2 is 1.95 bits per heavy atom. The van der Waals surface area contributed by atoms with Crippen LogP contribution in [0.15, 0.2) is 0 Å². The summed E-state index contributed by atoms with van der Waals surface area (Å²) in [6.45, 7) is 2.85. The summed E-state index contributed by atoms with van der Waals surface area (Å²) >= 11 is 0. The lowest BCUT2D eigenvalue weighted by atomic mass is 9.91. The average molecular weight is 307 g/mol. The number of methoxy groups -OCH3 is 1. The first kappa shape index (κ1) is 17.7. The molecule has 1 aliphatic carbocycles. The molecule has 1 heterocycles. The van der Waals surface area contributed by atoms with Gasteiger partial charge in [-0.2, -0.15) is 0 Å². The van der Waals surface area contributed by atoms with Gasteiger partial charge in [-0.3, -0.25) is 4.79 Å². The number of piperidine rings is 1. The van der Waals surface area contributed by atoms with Crippen molar-refractivity contribution in [1.82, 2.24) is 10.6 Å². The number of rotatable bonds is 6. The number of carbonyl (C=O) groups excluding carboxylic acids is 1. The zero-order valence-corrected chi connectivity index (χ0v) is 13.1. The van der Waals surface area contributed by atoms with E-state index < -0.39 is 5.60 Å². The van der Waals surface area contributed by atoms with Crippen molar-refractivity contribution in [3.63, 3.8) is 0 Å². The molecule has 2 N–H and O–H groups in total. The molecule has 5 nitrogen and oxygen atoms in total. The topological polar surface area (TPSA) is 59.6 Å². The first-order valence-corrected chi connectivity index (χ1v) is 7.43. The van der Waals surface area contributed by atoms with Crippen molar-refractivity contribution in [3.05, 3.63) is 0 Å². The number of ether oxygens (including phenoxy) is 2. The lowest BCUT2D eigenvalue weighted by molar-refractivity contribution is -0.147. The first-order valence-electron chi connectivity index (χ1n) is 7.43. The lowest BCUT2D eigenvalue weighted by Gasteiger charge is -2.34. The molecule has 2 rings (SSSR count). The van der Waals surface area contributed by atoms with Crippen molar-refractivity contribution in [2.75, 3.05) is 33.4 Å². The molecule has 6 heteroatoms. The average Bonchev–Trinajstić information content (AvgIpc) is 2.97. The van der Waals surface area contributed by atoms with Gasteiger partial charge in [0, 0.05) is 13.7 Å². The van der Waals surface area contributed by atoms with Crippen LogP contribution in [-0.2, 0) is 14.3 Å². The van der Waals surface area contributed by atoms with Gasteiger partial charge in [0.15, 0.2) is 0 Å². The second-order valence-electron chi connectivity index (χ2n) is 5.48. The maximum Gasteiger partial charge on any atom is 0.252 e. The summed E-state index contributed by atoms with van der Waals surface area (Å²) in [4.78, 5) is 12.2. The minimum atomic E-state index is -0.640. The molecule has 20 heavy (non-hydrogen) atoms. The highest BCUT2D eigenvalue weighted by molar-refractivity contribution is 5.85. The number of hydrogen-bond donors (Lipinski definition) is 2. The lowest BCUT2D eigenvalue weighted by Crippen LogP contribution is -2.54. The van der Waals surface area contributed by atoms with Crippen LogP contribution >= 0.6 is 12.4 Å². The maximum atomic E-state index is 12.2.